The molecule has 5 nitrogen and oxygen atoms in total. The van der Waals surface area contributed by atoms with E-state index >= 15 is 0 Å². The average molecular weight is 337 g/mol. The lowest BCUT2D eigenvalue weighted by molar-refractivity contribution is -0.146. The van der Waals surface area contributed by atoms with E-state index in [1.807, 2.05) is 54.6 Å². The molecular formula is C20H19NO4. The predicted molar refractivity (Wildman–Crippen MR) is 94.7 cm³/mol. The number of aromatic amines is 1. The van der Waals surface area contributed by atoms with Crippen molar-refractivity contribution in [3.05, 3.63) is 66.4 Å². The number of rotatable bonds is 7. The molecule has 0 radical (unpaired) electrons. The van der Waals surface area contributed by atoms with Crippen LogP contribution in [0.15, 0.2) is 60.8 Å². The predicted octanol–water partition coefficient (Wildman–Crippen LogP) is 3.75. The molecule has 3 rings (SSSR count). The minimum atomic E-state index is -0.844. The number of para-hydroxylation sites is 2. The third kappa shape index (κ3) is 4.07. The molecule has 0 aliphatic heterocycles. The van der Waals surface area contributed by atoms with E-state index in [0.29, 0.717) is 11.3 Å². The van der Waals surface area contributed by atoms with Crippen LogP contribution >= 0.6 is 0 Å². The van der Waals surface area contributed by atoms with Gasteiger partial charge in [-0.2, -0.15) is 0 Å². The van der Waals surface area contributed by atoms with Crippen molar-refractivity contribution in [1.82, 2.24) is 4.98 Å². The fourth-order valence-corrected chi connectivity index (χ4v) is 2.57. The third-order valence-corrected chi connectivity index (χ3v) is 3.85. The summed E-state index contributed by atoms with van der Waals surface area (Å²) in [5.41, 5.74) is 1.40. The van der Waals surface area contributed by atoms with Crippen LogP contribution in [0.5, 0.6) is 5.75 Å². The zero-order chi connectivity index (χ0) is 17.6. The molecule has 0 spiro atoms. The lowest BCUT2D eigenvalue weighted by Crippen LogP contribution is -2.25. The molecule has 0 unspecified atom stereocenters. The first kappa shape index (κ1) is 16.8. The smallest absolute Gasteiger partial charge is 0.309 e. The number of benzene rings is 2. The topological polar surface area (TPSA) is 68.4 Å². The van der Waals surface area contributed by atoms with Gasteiger partial charge >= 0.3 is 5.97 Å². The van der Waals surface area contributed by atoms with Crippen LogP contribution < -0.4 is 4.74 Å². The minimum Gasteiger partial charge on any atom is -0.493 e. The summed E-state index contributed by atoms with van der Waals surface area (Å²) >= 11 is 0. The zero-order valence-electron chi connectivity index (χ0n) is 13.9. The Morgan fingerprint density at radius 3 is 2.56 bits per heavy atom. The fourth-order valence-electron chi connectivity index (χ4n) is 2.57. The van der Waals surface area contributed by atoms with Crippen LogP contribution in [-0.4, -0.2) is 29.4 Å². The number of nitrogens with one attached hydrogen (secondary N) is 1. The summed E-state index contributed by atoms with van der Waals surface area (Å²) in [6.45, 7) is 1.79. The fraction of sp³-hybridized carbons (Fsp3) is 0.200. The Kier molecular flexibility index (Phi) is 5.14. The first-order valence-electron chi connectivity index (χ1n) is 8.13. The first-order valence-corrected chi connectivity index (χ1v) is 8.13. The summed E-state index contributed by atoms with van der Waals surface area (Å²) in [4.78, 5) is 27.5. The number of Topliss-reactive ketones (excluding diaryl/α,β-unsaturated/α-hetero) is 1. The van der Waals surface area contributed by atoms with E-state index in [0.717, 1.165) is 10.9 Å². The quantitative estimate of drug-likeness (QED) is 0.526. The number of H-pyrrole nitrogens is 1. The number of esters is 1. The monoisotopic (exact) mass is 337 g/mol. The standard InChI is InChI=1S/C20H19NO4/c1-14(20(23)17-13-21-18-10-6-5-9-16(17)18)25-19(22)11-12-24-15-7-3-2-4-8-15/h2-10,13-14,21H,11-12H2,1H3/t14-/m1/s1. The highest BCUT2D eigenvalue weighted by atomic mass is 16.5. The van der Waals surface area contributed by atoms with Gasteiger partial charge in [0.15, 0.2) is 6.10 Å². The third-order valence-electron chi connectivity index (χ3n) is 3.85. The zero-order valence-corrected chi connectivity index (χ0v) is 13.9. The van der Waals surface area contributed by atoms with Crippen molar-refractivity contribution in [2.75, 3.05) is 6.61 Å². The molecule has 1 N–H and O–H groups in total. The maximum Gasteiger partial charge on any atom is 0.309 e. The highest BCUT2D eigenvalue weighted by molar-refractivity contribution is 6.10. The number of aromatic nitrogens is 1. The van der Waals surface area contributed by atoms with E-state index in [2.05, 4.69) is 4.98 Å². The summed E-state index contributed by atoms with van der Waals surface area (Å²) in [5, 5.41) is 0.822. The molecule has 2 aromatic carbocycles. The number of hydrogen-bond acceptors (Lipinski definition) is 4. The highest BCUT2D eigenvalue weighted by Gasteiger charge is 2.22. The first-order chi connectivity index (χ1) is 12.1. The Bertz CT molecular complexity index is 870. The Morgan fingerprint density at radius 2 is 1.76 bits per heavy atom. The summed E-state index contributed by atoms with van der Waals surface area (Å²) in [5.74, 6) is 0.00428. The second-order valence-electron chi connectivity index (χ2n) is 5.66. The van der Waals surface area contributed by atoms with Crippen LogP contribution in [0.4, 0.5) is 0 Å². The Morgan fingerprint density at radius 1 is 1.04 bits per heavy atom. The number of carbonyl (C=O) groups excluding carboxylic acids is 2. The molecule has 128 valence electrons. The molecule has 0 saturated heterocycles. The van der Waals surface area contributed by atoms with Crippen molar-refractivity contribution >= 4 is 22.7 Å². The molecule has 0 aliphatic rings. The number of carbonyl (C=O) groups is 2. The van der Waals surface area contributed by atoms with Gasteiger partial charge < -0.3 is 14.5 Å². The lowest BCUT2D eigenvalue weighted by atomic mass is 10.1. The molecule has 0 aliphatic carbocycles. The summed E-state index contributed by atoms with van der Waals surface area (Å²) in [7, 11) is 0. The lowest BCUT2D eigenvalue weighted by Gasteiger charge is -2.12. The molecule has 0 fully saturated rings. The van der Waals surface area contributed by atoms with E-state index in [-0.39, 0.29) is 18.8 Å². The van der Waals surface area contributed by atoms with Gasteiger partial charge in [0, 0.05) is 22.7 Å². The van der Waals surface area contributed by atoms with E-state index < -0.39 is 12.1 Å². The SMILES string of the molecule is C[C@@H](OC(=O)CCOc1ccccc1)C(=O)c1c[nH]c2ccccc12. The molecule has 3 aromatic rings. The minimum absolute atomic E-state index is 0.0837. The molecule has 0 saturated carbocycles. The molecule has 1 atom stereocenters. The number of fused-ring (bicyclic) bond motifs is 1. The summed E-state index contributed by atoms with van der Waals surface area (Å²) in [6, 6.07) is 16.7. The van der Waals surface area contributed by atoms with Gasteiger partial charge in [-0.05, 0) is 25.1 Å². The van der Waals surface area contributed by atoms with E-state index in [4.69, 9.17) is 9.47 Å². The molecular weight excluding hydrogens is 318 g/mol. The molecule has 25 heavy (non-hydrogen) atoms. The molecule has 1 aromatic heterocycles. The van der Waals surface area contributed by atoms with Crippen molar-refractivity contribution in [3.63, 3.8) is 0 Å². The molecule has 0 bridgehead atoms. The Labute approximate surface area is 145 Å². The van der Waals surface area contributed by atoms with Crippen molar-refractivity contribution in [2.24, 2.45) is 0 Å². The van der Waals surface area contributed by atoms with E-state index in [9.17, 15) is 9.59 Å². The summed E-state index contributed by atoms with van der Waals surface area (Å²) in [6.07, 6.45) is 0.888. The van der Waals surface area contributed by atoms with Gasteiger partial charge in [-0.1, -0.05) is 36.4 Å². The van der Waals surface area contributed by atoms with Gasteiger partial charge in [-0.25, -0.2) is 0 Å². The van der Waals surface area contributed by atoms with Crippen molar-refractivity contribution < 1.29 is 19.1 Å². The van der Waals surface area contributed by atoms with Gasteiger partial charge in [0.05, 0.1) is 13.0 Å². The highest BCUT2D eigenvalue weighted by Crippen LogP contribution is 2.20. The summed E-state index contributed by atoms with van der Waals surface area (Å²) < 4.78 is 10.7. The van der Waals surface area contributed by atoms with Crippen molar-refractivity contribution in [2.45, 2.75) is 19.4 Å². The molecule has 5 heteroatoms. The Balaban J connectivity index is 1.53. The maximum absolute atomic E-state index is 12.5. The van der Waals surface area contributed by atoms with Gasteiger partial charge in [0.1, 0.15) is 5.75 Å². The second kappa shape index (κ2) is 7.66. The number of ether oxygens (including phenoxy) is 2. The van der Waals surface area contributed by atoms with Gasteiger partial charge in [-0.3, -0.25) is 9.59 Å². The second-order valence-corrected chi connectivity index (χ2v) is 5.66. The number of hydrogen-bond donors (Lipinski definition) is 1. The van der Waals surface area contributed by atoms with Crippen LogP contribution in [-0.2, 0) is 9.53 Å². The molecule has 0 amide bonds. The van der Waals surface area contributed by atoms with Crippen molar-refractivity contribution in [1.29, 1.82) is 0 Å². The average Bonchev–Trinajstić information content (AvgIpc) is 3.06. The van der Waals surface area contributed by atoms with E-state index in [1.165, 1.54) is 0 Å². The van der Waals surface area contributed by atoms with Crippen LogP contribution in [0.3, 0.4) is 0 Å². The van der Waals surface area contributed by atoms with Crippen molar-refractivity contribution in [3.8, 4) is 5.75 Å². The van der Waals surface area contributed by atoms with Crippen LogP contribution in [0.2, 0.25) is 0 Å². The van der Waals surface area contributed by atoms with Gasteiger partial charge in [-0.15, -0.1) is 0 Å². The normalized spacial score (nSPS) is 11.9. The van der Waals surface area contributed by atoms with Crippen LogP contribution in [0.25, 0.3) is 10.9 Å². The van der Waals surface area contributed by atoms with Crippen LogP contribution in [0.1, 0.15) is 23.7 Å². The van der Waals surface area contributed by atoms with Gasteiger partial charge in [0.25, 0.3) is 0 Å². The largest absolute Gasteiger partial charge is 0.493 e. The maximum atomic E-state index is 12.5. The Hall–Kier alpha value is -3.08. The number of ketones is 1. The molecule has 1 heterocycles. The van der Waals surface area contributed by atoms with E-state index in [1.54, 1.807) is 13.1 Å². The van der Waals surface area contributed by atoms with Gasteiger partial charge in [0.2, 0.25) is 5.78 Å². The van der Waals surface area contributed by atoms with Crippen LogP contribution in [0, 0.1) is 0 Å².